The largest absolute Gasteiger partial charge is 0.466 e. The Bertz CT molecular complexity index is 1070. The number of anilines is 2. The van der Waals surface area contributed by atoms with Crippen molar-refractivity contribution in [1.82, 2.24) is 4.90 Å². The maximum absolute atomic E-state index is 12.8. The fourth-order valence-corrected chi connectivity index (χ4v) is 5.71. The van der Waals surface area contributed by atoms with E-state index in [2.05, 4.69) is 34.2 Å². The van der Waals surface area contributed by atoms with Gasteiger partial charge in [0.05, 0.1) is 25.7 Å². The lowest BCUT2D eigenvalue weighted by atomic mass is 9.96. The number of carbonyl (C=O) groups is 2. The highest BCUT2D eigenvalue weighted by molar-refractivity contribution is 6.04. The molecule has 0 bridgehead atoms. The molecule has 1 N–H and O–H groups in total. The van der Waals surface area contributed by atoms with Crippen LogP contribution in [0.4, 0.5) is 11.4 Å². The summed E-state index contributed by atoms with van der Waals surface area (Å²) >= 11 is 0. The van der Waals surface area contributed by atoms with Gasteiger partial charge in [-0.2, -0.15) is 0 Å². The fourth-order valence-electron chi connectivity index (χ4n) is 5.71. The van der Waals surface area contributed by atoms with Crippen LogP contribution in [0.5, 0.6) is 0 Å². The van der Waals surface area contributed by atoms with Crippen molar-refractivity contribution in [1.29, 1.82) is 0 Å². The molecule has 3 fully saturated rings. The topological polar surface area (TPSA) is 71.1 Å². The zero-order valence-corrected chi connectivity index (χ0v) is 22.0. The van der Waals surface area contributed by atoms with Crippen LogP contribution in [0, 0.1) is 5.92 Å². The van der Waals surface area contributed by atoms with Gasteiger partial charge in [0, 0.05) is 48.7 Å². The summed E-state index contributed by atoms with van der Waals surface area (Å²) in [5, 5.41) is 3.02. The van der Waals surface area contributed by atoms with Gasteiger partial charge in [0.25, 0.3) is 5.91 Å². The molecule has 3 atom stereocenters. The molecule has 1 unspecified atom stereocenters. The second-order valence-electron chi connectivity index (χ2n) is 10.7. The molecular formula is C30H39N3O4. The monoisotopic (exact) mass is 505 g/mol. The van der Waals surface area contributed by atoms with E-state index < -0.39 is 0 Å². The van der Waals surface area contributed by atoms with E-state index in [9.17, 15) is 9.59 Å². The highest BCUT2D eigenvalue weighted by Gasteiger charge is 2.42. The molecule has 2 heterocycles. The van der Waals surface area contributed by atoms with Gasteiger partial charge in [-0.25, -0.2) is 0 Å². The first kappa shape index (κ1) is 25.7. The number of benzene rings is 2. The first-order valence-corrected chi connectivity index (χ1v) is 13.8. The summed E-state index contributed by atoms with van der Waals surface area (Å²) in [7, 11) is 0. The van der Waals surface area contributed by atoms with E-state index in [1.807, 2.05) is 43.3 Å². The third kappa shape index (κ3) is 6.16. The van der Waals surface area contributed by atoms with Crippen molar-refractivity contribution in [3.8, 4) is 0 Å². The molecule has 2 saturated heterocycles. The van der Waals surface area contributed by atoms with Crippen molar-refractivity contribution in [2.75, 3.05) is 36.5 Å². The van der Waals surface area contributed by atoms with Gasteiger partial charge < -0.3 is 19.7 Å². The number of likely N-dealkylation sites (tertiary alicyclic amines) is 1. The lowest BCUT2D eigenvalue weighted by molar-refractivity contribution is -0.144. The number of nitrogens with one attached hydrogen (secondary N) is 1. The quantitative estimate of drug-likeness (QED) is 0.465. The molecular weight excluding hydrogens is 466 g/mol. The minimum Gasteiger partial charge on any atom is -0.466 e. The van der Waals surface area contributed by atoms with Crippen LogP contribution in [-0.4, -0.2) is 61.2 Å². The molecule has 0 spiro atoms. The predicted octanol–water partition coefficient (Wildman–Crippen LogP) is 4.86. The van der Waals surface area contributed by atoms with Crippen LogP contribution >= 0.6 is 0 Å². The van der Waals surface area contributed by atoms with Crippen molar-refractivity contribution in [2.45, 2.75) is 70.7 Å². The average molecular weight is 506 g/mol. The van der Waals surface area contributed by atoms with Crippen LogP contribution in [0.15, 0.2) is 48.5 Å². The normalized spacial score (nSPS) is 22.4. The second-order valence-corrected chi connectivity index (χ2v) is 10.7. The van der Waals surface area contributed by atoms with E-state index in [1.54, 1.807) is 0 Å². The molecule has 0 radical (unpaired) electrons. The maximum atomic E-state index is 12.8. The van der Waals surface area contributed by atoms with Gasteiger partial charge in [-0.15, -0.1) is 0 Å². The van der Waals surface area contributed by atoms with Crippen molar-refractivity contribution in [3.05, 3.63) is 59.7 Å². The number of carbonyl (C=O) groups excluding carboxylic acids is 2. The highest BCUT2D eigenvalue weighted by Crippen LogP contribution is 2.36. The average Bonchev–Trinajstić information content (AvgIpc) is 3.45. The summed E-state index contributed by atoms with van der Waals surface area (Å²) in [4.78, 5) is 29.6. The third-order valence-corrected chi connectivity index (χ3v) is 8.18. The predicted molar refractivity (Wildman–Crippen MR) is 145 cm³/mol. The fraction of sp³-hybridized carbons (Fsp3) is 0.533. The maximum Gasteiger partial charge on any atom is 0.307 e. The molecule has 1 aliphatic carbocycles. The standard InChI is InChI=1S/C30H39N3O4/c1-3-36-29(34)17-21(2)32-18-24-15-16-33(28(24)19-32)26-13-11-25(12-14-26)31-30(35)23-9-7-22(8-10-23)20-37-27-5-4-6-27/h7-14,21,24,27-28H,3-6,15-20H2,1-2H3,(H,31,35)/t21?,24-,28+/m1/s1. The number of amides is 1. The Morgan fingerprint density at radius 3 is 2.46 bits per heavy atom. The first-order valence-electron chi connectivity index (χ1n) is 13.8. The molecule has 3 aliphatic rings. The molecule has 7 nitrogen and oxygen atoms in total. The highest BCUT2D eigenvalue weighted by atomic mass is 16.5. The van der Waals surface area contributed by atoms with Crippen molar-refractivity contribution in [2.24, 2.45) is 5.92 Å². The molecule has 1 saturated carbocycles. The van der Waals surface area contributed by atoms with E-state index in [1.165, 1.54) is 12.1 Å². The lowest BCUT2D eigenvalue weighted by Gasteiger charge is -2.29. The SMILES string of the molecule is CCOC(=O)CC(C)N1C[C@H]2CCN(c3ccc(NC(=O)c4ccc(COC5CCC5)cc4)cc3)[C@H]2C1. The Kier molecular flexibility index (Phi) is 8.11. The van der Waals surface area contributed by atoms with Crippen LogP contribution in [0.2, 0.25) is 0 Å². The summed E-state index contributed by atoms with van der Waals surface area (Å²) in [6.07, 6.45) is 5.59. The van der Waals surface area contributed by atoms with E-state index in [-0.39, 0.29) is 17.9 Å². The summed E-state index contributed by atoms with van der Waals surface area (Å²) in [5.74, 6) is 0.393. The minimum atomic E-state index is -0.115. The summed E-state index contributed by atoms with van der Waals surface area (Å²) < 4.78 is 11.0. The number of hydrogen-bond donors (Lipinski definition) is 1. The van der Waals surface area contributed by atoms with Gasteiger partial charge in [-0.3, -0.25) is 14.5 Å². The number of ether oxygens (including phenoxy) is 2. The van der Waals surface area contributed by atoms with Crippen LogP contribution in [0.25, 0.3) is 0 Å². The number of fused-ring (bicyclic) bond motifs is 1. The molecule has 37 heavy (non-hydrogen) atoms. The third-order valence-electron chi connectivity index (χ3n) is 8.18. The molecule has 7 heteroatoms. The van der Waals surface area contributed by atoms with E-state index in [0.29, 0.717) is 43.3 Å². The number of nitrogens with zero attached hydrogens (tertiary/aromatic N) is 2. The minimum absolute atomic E-state index is 0.109. The van der Waals surface area contributed by atoms with Crippen molar-refractivity contribution < 1.29 is 19.1 Å². The molecule has 2 aliphatic heterocycles. The van der Waals surface area contributed by atoms with Gasteiger partial charge in [-0.05, 0) is 87.4 Å². The van der Waals surface area contributed by atoms with Crippen LogP contribution in [0.1, 0.15) is 61.9 Å². The van der Waals surface area contributed by atoms with Gasteiger partial charge in [0.1, 0.15) is 0 Å². The lowest BCUT2D eigenvalue weighted by Crippen LogP contribution is -2.39. The van der Waals surface area contributed by atoms with Crippen LogP contribution in [0.3, 0.4) is 0 Å². The Morgan fingerprint density at radius 1 is 1.03 bits per heavy atom. The van der Waals surface area contributed by atoms with Crippen LogP contribution < -0.4 is 10.2 Å². The number of rotatable bonds is 10. The smallest absolute Gasteiger partial charge is 0.307 e. The van der Waals surface area contributed by atoms with Gasteiger partial charge in [-0.1, -0.05) is 12.1 Å². The Labute approximate surface area is 220 Å². The summed E-state index contributed by atoms with van der Waals surface area (Å²) in [6.45, 7) is 8.04. The van der Waals surface area contributed by atoms with Gasteiger partial charge in [0.15, 0.2) is 0 Å². The van der Waals surface area contributed by atoms with E-state index in [4.69, 9.17) is 9.47 Å². The molecule has 0 aromatic heterocycles. The molecule has 1 amide bonds. The number of esters is 1. The van der Waals surface area contributed by atoms with E-state index >= 15 is 0 Å². The zero-order chi connectivity index (χ0) is 25.8. The van der Waals surface area contributed by atoms with Crippen molar-refractivity contribution in [3.63, 3.8) is 0 Å². The molecule has 198 valence electrons. The van der Waals surface area contributed by atoms with Crippen molar-refractivity contribution >= 4 is 23.3 Å². The molecule has 2 aromatic rings. The Morgan fingerprint density at radius 2 is 1.78 bits per heavy atom. The Balaban J connectivity index is 1.13. The molecule has 2 aromatic carbocycles. The number of hydrogen-bond acceptors (Lipinski definition) is 6. The van der Waals surface area contributed by atoms with Crippen LogP contribution in [-0.2, 0) is 20.9 Å². The zero-order valence-electron chi connectivity index (χ0n) is 22.0. The van der Waals surface area contributed by atoms with Gasteiger partial charge in [0.2, 0.25) is 0 Å². The summed E-state index contributed by atoms with van der Waals surface area (Å²) in [6, 6.07) is 16.5. The summed E-state index contributed by atoms with van der Waals surface area (Å²) in [5.41, 5.74) is 3.71. The first-order chi connectivity index (χ1) is 18.0. The van der Waals surface area contributed by atoms with Gasteiger partial charge >= 0.3 is 5.97 Å². The Hall–Kier alpha value is -2.90. The molecule has 5 rings (SSSR count). The van der Waals surface area contributed by atoms with E-state index in [0.717, 1.165) is 50.1 Å². The second kappa shape index (κ2) is 11.7.